The Labute approximate surface area is 177 Å². The first kappa shape index (κ1) is 20.3. The van der Waals surface area contributed by atoms with Gasteiger partial charge in [-0.05, 0) is 43.2 Å². The van der Waals surface area contributed by atoms with Gasteiger partial charge in [-0.1, -0.05) is 6.07 Å². The number of amides is 2. The Morgan fingerprint density at radius 3 is 2.58 bits per heavy atom. The Bertz CT molecular complexity index is 1050. The highest BCUT2D eigenvalue weighted by atomic mass is 19.2. The van der Waals surface area contributed by atoms with Crippen molar-refractivity contribution in [1.82, 2.24) is 14.7 Å². The molecular formula is C22H23F2N3O4. The number of hydrogen-bond acceptors (Lipinski definition) is 6. The summed E-state index contributed by atoms with van der Waals surface area (Å²) >= 11 is 0. The summed E-state index contributed by atoms with van der Waals surface area (Å²) in [6.45, 7) is 3.15. The van der Waals surface area contributed by atoms with Crippen LogP contribution < -0.4 is 0 Å². The van der Waals surface area contributed by atoms with Gasteiger partial charge in [0.25, 0.3) is 5.91 Å². The Morgan fingerprint density at radius 1 is 1.13 bits per heavy atom. The number of benzene rings is 1. The number of aliphatic hydroxyl groups excluding tert-OH is 1. The van der Waals surface area contributed by atoms with E-state index in [-0.39, 0.29) is 31.3 Å². The number of aryl methyl sites for hydroxylation is 1. The Balaban J connectivity index is 1.38. The van der Waals surface area contributed by atoms with Crippen molar-refractivity contribution in [3.05, 3.63) is 59.1 Å². The molecule has 9 heteroatoms. The van der Waals surface area contributed by atoms with Crippen molar-refractivity contribution in [3.63, 3.8) is 0 Å². The molecule has 0 saturated carbocycles. The molecule has 2 aromatic rings. The minimum absolute atomic E-state index is 0.0524. The summed E-state index contributed by atoms with van der Waals surface area (Å²) in [5.41, 5.74) is -0.315. The summed E-state index contributed by atoms with van der Waals surface area (Å²) in [6.07, 6.45) is -0.394. The van der Waals surface area contributed by atoms with E-state index in [1.54, 1.807) is 19.1 Å². The second-order valence-corrected chi connectivity index (χ2v) is 8.72. The first-order chi connectivity index (χ1) is 14.8. The third kappa shape index (κ3) is 3.28. The quantitative estimate of drug-likeness (QED) is 0.738. The van der Waals surface area contributed by atoms with E-state index in [0.29, 0.717) is 36.7 Å². The fraction of sp³-hybridized carbons (Fsp3) is 0.455. The Kier molecular flexibility index (Phi) is 4.72. The van der Waals surface area contributed by atoms with Crippen molar-refractivity contribution < 1.29 is 27.9 Å². The van der Waals surface area contributed by atoms with Gasteiger partial charge >= 0.3 is 0 Å². The molecule has 5 rings (SSSR count). The average Bonchev–Trinajstić information content (AvgIpc) is 3.29. The molecule has 3 aliphatic rings. The highest BCUT2D eigenvalue weighted by Gasteiger charge is 2.64. The lowest BCUT2D eigenvalue weighted by Gasteiger charge is -2.58. The van der Waals surface area contributed by atoms with E-state index in [4.69, 9.17) is 4.42 Å². The van der Waals surface area contributed by atoms with Gasteiger partial charge in [-0.2, -0.15) is 0 Å². The second kappa shape index (κ2) is 7.22. The van der Waals surface area contributed by atoms with E-state index in [1.165, 1.54) is 11.0 Å². The van der Waals surface area contributed by atoms with E-state index < -0.39 is 29.3 Å². The normalized spacial score (nSPS) is 25.9. The summed E-state index contributed by atoms with van der Waals surface area (Å²) in [4.78, 5) is 31.6. The summed E-state index contributed by atoms with van der Waals surface area (Å²) in [6, 6.07) is 6.72. The number of β-amino-alcohol motifs (C(OH)–C–C–N with tert-alkyl or cyclic N) is 1. The fourth-order valence-electron chi connectivity index (χ4n) is 5.07. The zero-order valence-corrected chi connectivity index (χ0v) is 17.1. The van der Waals surface area contributed by atoms with Crippen molar-refractivity contribution in [1.29, 1.82) is 0 Å². The minimum atomic E-state index is -0.920. The van der Waals surface area contributed by atoms with Crippen LogP contribution in [0.2, 0.25) is 0 Å². The molecule has 4 heterocycles. The number of hydrogen-bond donors (Lipinski definition) is 1. The number of aliphatic hydroxyl groups is 1. The summed E-state index contributed by atoms with van der Waals surface area (Å²) in [5, 5.41) is 10.2. The summed E-state index contributed by atoms with van der Waals surface area (Å²) < 4.78 is 32.3. The maximum Gasteiger partial charge on any atom is 0.252 e. The third-order valence-corrected chi connectivity index (χ3v) is 6.49. The molecule has 0 radical (unpaired) electrons. The number of imide groups is 1. The summed E-state index contributed by atoms with van der Waals surface area (Å²) in [5.74, 6) is -1.21. The smallest absolute Gasteiger partial charge is 0.252 e. The van der Waals surface area contributed by atoms with Gasteiger partial charge in [0.2, 0.25) is 5.91 Å². The highest BCUT2D eigenvalue weighted by Crippen LogP contribution is 2.41. The van der Waals surface area contributed by atoms with Crippen LogP contribution in [0.3, 0.4) is 0 Å². The van der Waals surface area contributed by atoms with E-state index in [0.717, 1.165) is 12.1 Å². The Morgan fingerprint density at radius 2 is 1.90 bits per heavy atom. The molecule has 2 atom stereocenters. The predicted octanol–water partition coefficient (Wildman–Crippen LogP) is 1.42. The van der Waals surface area contributed by atoms with Crippen molar-refractivity contribution in [3.8, 4) is 0 Å². The number of halogens is 2. The van der Waals surface area contributed by atoms with Crippen LogP contribution in [-0.4, -0.2) is 68.9 Å². The lowest BCUT2D eigenvalue weighted by atomic mass is 9.82. The maximum atomic E-state index is 13.5. The van der Waals surface area contributed by atoms with E-state index in [2.05, 4.69) is 0 Å². The van der Waals surface area contributed by atoms with Crippen LogP contribution in [0.1, 0.15) is 23.5 Å². The highest BCUT2D eigenvalue weighted by molar-refractivity contribution is 6.06. The number of rotatable bonds is 4. The molecule has 3 aliphatic heterocycles. The van der Waals surface area contributed by atoms with Crippen LogP contribution in [-0.2, 0) is 22.7 Å². The number of nitrogens with zero attached hydrogens (tertiary/aromatic N) is 3. The van der Waals surface area contributed by atoms with Crippen LogP contribution in [0.15, 0.2) is 34.7 Å². The standard InChI is InChI=1S/C22H23F2N3O4/c1-13-2-4-16(31-13)10-26-20(29)19-7-15(28)9-27(19)22(21(26)30)11-25(12-22)8-14-3-5-17(23)18(24)6-14/h2-6,15,19,28H,7-12H2,1H3/t15-,19+/m1/s1. The van der Waals surface area contributed by atoms with Crippen molar-refractivity contribution in [2.24, 2.45) is 0 Å². The first-order valence-electron chi connectivity index (χ1n) is 10.3. The molecule has 0 unspecified atom stereocenters. The number of furan rings is 1. The number of fused-ring (bicyclic) bond motifs is 2. The lowest BCUT2D eigenvalue weighted by molar-refractivity contribution is -0.181. The molecule has 3 saturated heterocycles. The van der Waals surface area contributed by atoms with Gasteiger partial charge in [0.1, 0.15) is 17.1 Å². The van der Waals surface area contributed by atoms with Crippen molar-refractivity contribution in [2.45, 2.75) is 44.1 Å². The van der Waals surface area contributed by atoms with Crippen LogP contribution >= 0.6 is 0 Å². The molecule has 3 fully saturated rings. The van der Waals surface area contributed by atoms with E-state index in [9.17, 15) is 23.5 Å². The molecule has 0 aliphatic carbocycles. The average molecular weight is 431 g/mol. The number of carbonyl (C=O) groups excluding carboxylic acids is 2. The second-order valence-electron chi connectivity index (χ2n) is 8.72. The number of piperazine rings is 1. The largest absolute Gasteiger partial charge is 0.464 e. The molecule has 164 valence electrons. The number of carbonyl (C=O) groups is 2. The van der Waals surface area contributed by atoms with E-state index >= 15 is 0 Å². The van der Waals surface area contributed by atoms with Crippen LogP contribution in [0, 0.1) is 18.6 Å². The molecule has 1 N–H and O–H groups in total. The molecule has 31 heavy (non-hydrogen) atoms. The van der Waals surface area contributed by atoms with Gasteiger partial charge in [0.05, 0.1) is 18.7 Å². The van der Waals surface area contributed by atoms with Gasteiger partial charge in [-0.3, -0.25) is 24.3 Å². The summed E-state index contributed by atoms with van der Waals surface area (Å²) in [7, 11) is 0. The molecule has 2 amide bonds. The Hall–Kier alpha value is -2.62. The molecular weight excluding hydrogens is 408 g/mol. The van der Waals surface area contributed by atoms with Gasteiger partial charge < -0.3 is 9.52 Å². The molecule has 1 aromatic carbocycles. The van der Waals surface area contributed by atoms with Gasteiger partial charge in [0.15, 0.2) is 11.6 Å². The van der Waals surface area contributed by atoms with Crippen LogP contribution in [0.4, 0.5) is 8.78 Å². The molecule has 7 nitrogen and oxygen atoms in total. The molecule has 0 bridgehead atoms. The minimum Gasteiger partial charge on any atom is -0.464 e. The third-order valence-electron chi connectivity index (χ3n) is 6.49. The van der Waals surface area contributed by atoms with Crippen LogP contribution in [0.5, 0.6) is 0 Å². The van der Waals surface area contributed by atoms with Crippen molar-refractivity contribution >= 4 is 11.8 Å². The zero-order valence-electron chi connectivity index (χ0n) is 17.1. The first-order valence-corrected chi connectivity index (χ1v) is 10.3. The number of likely N-dealkylation sites (tertiary alicyclic amines) is 1. The molecule has 1 spiro atoms. The van der Waals surface area contributed by atoms with Crippen molar-refractivity contribution in [2.75, 3.05) is 19.6 Å². The monoisotopic (exact) mass is 431 g/mol. The maximum absolute atomic E-state index is 13.5. The van der Waals surface area contributed by atoms with Crippen LogP contribution in [0.25, 0.3) is 0 Å². The SMILES string of the molecule is Cc1ccc(CN2C(=O)[C@@H]3C[C@@H](O)CN3C3(CN(Cc4ccc(F)c(F)c4)C3)C2=O)o1. The van der Waals surface area contributed by atoms with Gasteiger partial charge in [-0.25, -0.2) is 8.78 Å². The zero-order chi connectivity index (χ0) is 21.9. The topological polar surface area (TPSA) is 77.2 Å². The predicted molar refractivity (Wildman–Crippen MR) is 104 cm³/mol. The molecule has 1 aromatic heterocycles. The van der Waals surface area contributed by atoms with Gasteiger partial charge in [-0.15, -0.1) is 0 Å². The van der Waals surface area contributed by atoms with Gasteiger partial charge in [0, 0.05) is 26.2 Å². The lowest BCUT2D eigenvalue weighted by Crippen LogP contribution is -2.81. The fourth-order valence-corrected chi connectivity index (χ4v) is 5.07. The van der Waals surface area contributed by atoms with E-state index in [1.807, 2.05) is 9.80 Å².